The Balaban J connectivity index is 2.37. The monoisotopic (exact) mass is 264 g/mol. The van der Waals surface area contributed by atoms with Gasteiger partial charge in [0.05, 0.1) is 27.3 Å². The van der Waals surface area contributed by atoms with Crippen molar-refractivity contribution in [2.75, 3.05) is 6.54 Å². The number of nitrogens with one attached hydrogen (secondary N) is 1. The normalized spacial score (nSPS) is 12.9. The highest BCUT2D eigenvalue weighted by molar-refractivity contribution is 7.11. The third-order valence-electron chi connectivity index (χ3n) is 2.95. The lowest BCUT2D eigenvalue weighted by atomic mass is 10.1. The van der Waals surface area contributed by atoms with Gasteiger partial charge in [-0.1, -0.05) is 6.92 Å². The number of hydrogen-bond donors (Lipinski definition) is 1. The first-order chi connectivity index (χ1) is 8.63. The third-order valence-corrected chi connectivity index (χ3v) is 4.09. The van der Waals surface area contributed by atoms with Gasteiger partial charge in [-0.25, -0.2) is 4.98 Å². The van der Waals surface area contributed by atoms with E-state index < -0.39 is 0 Å². The molecule has 2 aromatic rings. The van der Waals surface area contributed by atoms with Gasteiger partial charge in [0.25, 0.3) is 0 Å². The maximum Gasteiger partial charge on any atom is 0.0900 e. The summed E-state index contributed by atoms with van der Waals surface area (Å²) in [4.78, 5) is 5.82. The van der Waals surface area contributed by atoms with Gasteiger partial charge in [0.2, 0.25) is 0 Å². The zero-order chi connectivity index (χ0) is 13.1. The van der Waals surface area contributed by atoms with E-state index >= 15 is 0 Å². The zero-order valence-corrected chi connectivity index (χ0v) is 12.2. The molecule has 4 nitrogen and oxygen atoms in total. The molecule has 0 aliphatic heterocycles. The summed E-state index contributed by atoms with van der Waals surface area (Å²) < 4.78 is 1.93. The van der Waals surface area contributed by atoms with Gasteiger partial charge in [-0.15, -0.1) is 11.3 Å². The van der Waals surface area contributed by atoms with Crippen LogP contribution in [0.2, 0.25) is 0 Å². The van der Waals surface area contributed by atoms with E-state index in [1.165, 1.54) is 10.6 Å². The fourth-order valence-corrected chi connectivity index (χ4v) is 3.12. The summed E-state index contributed by atoms with van der Waals surface area (Å²) in [5, 5.41) is 8.98. The Bertz CT molecular complexity index is 515. The van der Waals surface area contributed by atoms with Gasteiger partial charge in [-0.2, -0.15) is 5.10 Å². The van der Waals surface area contributed by atoms with E-state index in [0.717, 1.165) is 23.7 Å². The van der Waals surface area contributed by atoms with Crippen molar-refractivity contribution >= 4 is 11.3 Å². The van der Waals surface area contributed by atoms with E-state index in [1.807, 2.05) is 17.9 Å². The van der Waals surface area contributed by atoms with Crippen molar-refractivity contribution in [2.45, 2.75) is 33.2 Å². The summed E-state index contributed by atoms with van der Waals surface area (Å²) in [6.45, 7) is 7.31. The second-order valence-electron chi connectivity index (χ2n) is 4.45. The van der Waals surface area contributed by atoms with Crippen molar-refractivity contribution in [1.29, 1.82) is 0 Å². The molecule has 0 spiro atoms. The number of rotatable bonds is 5. The molecule has 0 amide bonds. The van der Waals surface area contributed by atoms with E-state index in [-0.39, 0.29) is 6.04 Å². The van der Waals surface area contributed by atoms with E-state index in [1.54, 1.807) is 11.3 Å². The average Bonchev–Trinajstić information content (AvgIpc) is 2.87. The third kappa shape index (κ3) is 2.62. The lowest BCUT2D eigenvalue weighted by molar-refractivity contribution is 0.557. The van der Waals surface area contributed by atoms with Crippen molar-refractivity contribution < 1.29 is 0 Å². The van der Waals surface area contributed by atoms with Gasteiger partial charge in [-0.3, -0.25) is 4.68 Å². The van der Waals surface area contributed by atoms with Crippen LogP contribution in [0.1, 0.15) is 40.7 Å². The number of aromatic nitrogens is 3. The van der Waals surface area contributed by atoms with Gasteiger partial charge >= 0.3 is 0 Å². The molecule has 0 aliphatic carbocycles. The Labute approximate surface area is 112 Å². The molecule has 0 radical (unpaired) electrons. The topological polar surface area (TPSA) is 42.7 Å². The molecular formula is C13H20N4S. The second kappa shape index (κ2) is 5.63. The van der Waals surface area contributed by atoms with Crippen LogP contribution in [0.3, 0.4) is 0 Å². The maximum atomic E-state index is 4.53. The largest absolute Gasteiger partial charge is 0.304 e. The quantitative estimate of drug-likeness (QED) is 0.902. The van der Waals surface area contributed by atoms with E-state index in [9.17, 15) is 0 Å². The first kappa shape index (κ1) is 13.2. The standard InChI is InChI=1S/C13H20N4S/c1-5-7-14-12(11-6-8-15-17(11)4)13-9(2)16-10(3)18-13/h6,8,12,14H,5,7H2,1-4H3. The number of aryl methyl sites for hydroxylation is 3. The molecule has 18 heavy (non-hydrogen) atoms. The van der Waals surface area contributed by atoms with Crippen LogP contribution in [0.5, 0.6) is 0 Å². The van der Waals surface area contributed by atoms with Crippen molar-refractivity contribution in [3.63, 3.8) is 0 Å². The molecule has 0 bridgehead atoms. The highest BCUT2D eigenvalue weighted by atomic mass is 32.1. The fourth-order valence-electron chi connectivity index (χ4n) is 2.10. The highest BCUT2D eigenvalue weighted by Gasteiger charge is 2.21. The molecule has 0 aromatic carbocycles. The molecule has 0 aliphatic rings. The van der Waals surface area contributed by atoms with Crippen LogP contribution in [-0.2, 0) is 7.05 Å². The summed E-state index contributed by atoms with van der Waals surface area (Å²) in [6.07, 6.45) is 2.96. The first-order valence-corrected chi connectivity index (χ1v) is 7.10. The van der Waals surface area contributed by atoms with E-state index in [2.05, 4.69) is 42.2 Å². The lowest BCUT2D eigenvalue weighted by Gasteiger charge is -2.18. The molecule has 1 unspecified atom stereocenters. The molecule has 0 saturated heterocycles. The zero-order valence-electron chi connectivity index (χ0n) is 11.4. The highest BCUT2D eigenvalue weighted by Crippen LogP contribution is 2.29. The predicted molar refractivity (Wildman–Crippen MR) is 74.9 cm³/mol. The Morgan fingerprint density at radius 3 is 2.72 bits per heavy atom. The van der Waals surface area contributed by atoms with Crippen molar-refractivity contribution in [3.05, 3.63) is 33.5 Å². The second-order valence-corrected chi connectivity index (χ2v) is 5.68. The van der Waals surface area contributed by atoms with E-state index in [0.29, 0.717) is 0 Å². The van der Waals surface area contributed by atoms with Crippen LogP contribution in [0.25, 0.3) is 0 Å². The molecular weight excluding hydrogens is 244 g/mol. The Hall–Kier alpha value is -1.20. The number of thiazole rings is 1. The molecule has 0 saturated carbocycles. The molecule has 0 fully saturated rings. The van der Waals surface area contributed by atoms with Crippen LogP contribution in [0, 0.1) is 13.8 Å². The summed E-state index contributed by atoms with van der Waals surface area (Å²) in [5.41, 5.74) is 2.31. The molecule has 5 heteroatoms. The van der Waals surface area contributed by atoms with Crippen molar-refractivity contribution in [1.82, 2.24) is 20.1 Å². The van der Waals surface area contributed by atoms with Gasteiger partial charge in [0, 0.05) is 13.2 Å². The fraction of sp³-hybridized carbons (Fsp3) is 0.538. The number of hydrogen-bond acceptors (Lipinski definition) is 4. The molecule has 2 heterocycles. The van der Waals surface area contributed by atoms with Crippen molar-refractivity contribution in [3.8, 4) is 0 Å². The van der Waals surface area contributed by atoms with Crippen LogP contribution >= 0.6 is 11.3 Å². The summed E-state index contributed by atoms with van der Waals surface area (Å²) in [6, 6.07) is 2.27. The smallest absolute Gasteiger partial charge is 0.0900 e. The molecule has 98 valence electrons. The molecule has 1 atom stereocenters. The minimum atomic E-state index is 0.198. The van der Waals surface area contributed by atoms with Gasteiger partial charge in [0.1, 0.15) is 0 Å². The van der Waals surface area contributed by atoms with Crippen LogP contribution in [-0.4, -0.2) is 21.3 Å². The van der Waals surface area contributed by atoms with Gasteiger partial charge in [0.15, 0.2) is 0 Å². The van der Waals surface area contributed by atoms with Gasteiger partial charge < -0.3 is 5.32 Å². The summed E-state index contributed by atoms with van der Waals surface area (Å²) >= 11 is 1.77. The predicted octanol–water partition coefficient (Wildman–Crippen LogP) is 2.58. The Kier molecular flexibility index (Phi) is 4.14. The summed E-state index contributed by atoms with van der Waals surface area (Å²) in [5.74, 6) is 0. The van der Waals surface area contributed by atoms with E-state index in [4.69, 9.17) is 0 Å². The first-order valence-electron chi connectivity index (χ1n) is 6.28. The molecule has 2 aromatic heterocycles. The summed E-state index contributed by atoms with van der Waals surface area (Å²) in [7, 11) is 1.99. The number of nitrogens with zero attached hydrogens (tertiary/aromatic N) is 3. The van der Waals surface area contributed by atoms with Gasteiger partial charge in [-0.05, 0) is 32.9 Å². The Morgan fingerprint density at radius 2 is 2.22 bits per heavy atom. The maximum absolute atomic E-state index is 4.53. The van der Waals surface area contributed by atoms with Crippen LogP contribution < -0.4 is 5.32 Å². The minimum Gasteiger partial charge on any atom is -0.304 e. The SMILES string of the molecule is CCCNC(c1sc(C)nc1C)c1ccnn1C. The van der Waals surface area contributed by atoms with Crippen LogP contribution in [0.15, 0.2) is 12.3 Å². The molecule has 2 rings (SSSR count). The Morgan fingerprint density at radius 1 is 1.44 bits per heavy atom. The molecule has 1 N–H and O–H groups in total. The van der Waals surface area contributed by atoms with Crippen LogP contribution in [0.4, 0.5) is 0 Å². The lowest BCUT2D eigenvalue weighted by Crippen LogP contribution is -2.25. The average molecular weight is 264 g/mol. The minimum absolute atomic E-state index is 0.198. The van der Waals surface area contributed by atoms with Crippen molar-refractivity contribution in [2.24, 2.45) is 7.05 Å².